The van der Waals surface area contributed by atoms with Crippen LogP contribution in [-0.4, -0.2) is 25.0 Å². The summed E-state index contributed by atoms with van der Waals surface area (Å²) in [6.07, 6.45) is -2.14. The standard InChI is InChI=1S/C22H22F3N3O/c23-22(24,25)20-14-19(8-7-17(20)15-26)28-12-10-18(11-13-28)27-21(29)9-6-16-4-2-1-3-5-16/h1-5,7-8,14,18H,6,9-13H2,(H,27,29). The van der Waals surface area contributed by atoms with E-state index in [9.17, 15) is 18.0 Å². The van der Waals surface area contributed by atoms with Gasteiger partial charge in [-0.05, 0) is 43.0 Å². The number of carbonyl (C=O) groups excluding carboxylic acids is 1. The van der Waals surface area contributed by atoms with Crippen molar-refractivity contribution in [2.45, 2.75) is 37.9 Å². The Kier molecular flexibility index (Phi) is 6.42. The zero-order valence-corrected chi connectivity index (χ0v) is 15.9. The van der Waals surface area contributed by atoms with Crippen LogP contribution in [0.25, 0.3) is 0 Å². The number of alkyl halides is 3. The highest BCUT2D eigenvalue weighted by atomic mass is 19.4. The highest BCUT2D eigenvalue weighted by molar-refractivity contribution is 5.76. The van der Waals surface area contributed by atoms with Gasteiger partial charge >= 0.3 is 6.18 Å². The number of hydrogen-bond donors (Lipinski definition) is 1. The molecule has 2 aromatic carbocycles. The lowest BCUT2D eigenvalue weighted by molar-refractivity contribution is -0.137. The predicted molar refractivity (Wildman–Crippen MR) is 104 cm³/mol. The van der Waals surface area contributed by atoms with Crippen molar-refractivity contribution in [3.63, 3.8) is 0 Å². The van der Waals surface area contributed by atoms with E-state index in [2.05, 4.69) is 5.32 Å². The van der Waals surface area contributed by atoms with E-state index in [0.29, 0.717) is 44.5 Å². The summed E-state index contributed by atoms with van der Waals surface area (Å²) in [7, 11) is 0. The lowest BCUT2D eigenvalue weighted by Gasteiger charge is -2.34. The average Bonchev–Trinajstić information content (AvgIpc) is 2.72. The highest BCUT2D eigenvalue weighted by Gasteiger charge is 2.34. The number of hydrogen-bond acceptors (Lipinski definition) is 3. The summed E-state index contributed by atoms with van der Waals surface area (Å²) >= 11 is 0. The molecule has 1 aliphatic rings. The Morgan fingerprint density at radius 3 is 2.45 bits per heavy atom. The van der Waals surface area contributed by atoms with Crippen LogP contribution in [0.4, 0.5) is 18.9 Å². The molecular weight excluding hydrogens is 379 g/mol. The molecule has 0 atom stereocenters. The number of anilines is 1. The smallest absolute Gasteiger partial charge is 0.371 e. The van der Waals surface area contributed by atoms with Crippen molar-refractivity contribution in [2.75, 3.05) is 18.0 Å². The van der Waals surface area contributed by atoms with Crippen molar-refractivity contribution in [1.29, 1.82) is 5.26 Å². The second kappa shape index (κ2) is 8.99. The number of nitriles is 1. The summed E-state index contributed by atoms with van der Waals surface area (Å²) in [5.41, 5.74) is 0.277. The normalized spacial score (nSPS) is 15.0. The molecule has 1 fully saturated rings. The van der Waals surface area contributed by atoms with Gasteiger partial charge < -0.3 is 10.2 Å². The maximum Gasteiger partial charge on any atom is 0.417 e. The van der Waals surface area contributed by atoms with Crippen LogP contribution in [0.5, 0.6) is 0 Å². The number of nitrogens with one attached hydrogen (secondary N) is 1. The Hall–Kier alpha value is -3.01. The van der Waals surface area contributed by atoms with Crippen molar-refractivity contribution < 1.29 is 18.0 Å². The summed E-state index contributed by atoms with van der Waals surface area (Å²) < 4.78 is 39.5. The third-order valence-corrected chi connectivity index (χ3v) is 5.14. The Balaban J connectivity index is 1.53. The van der Waals surface area contributed by atoms with Crippen LogP contribution in [0.2, 0.25) is 0 Å². The lowest BCUT2D eigenvalue weighted by atomic mass is 10.0. The number of benzene rings is 2. The SMILES string of the molecule is N#Cc1ccc(N2CCC(NC(=O)CCc3ccccc3)CC2)cc1C(F)(F)F. The number of nitrogens with zero attached hydrogens (tertiary/aromatic N) is 2. The third-order valence-electron chi connectivity index (χ3n) is 5.14. The molecule has 0 saturated carbocycles. The Morgan fingerprint density at radius 1 is 1.14 bits per heavy atom. The molecule has 0 spiro atoms. The molecule has 0 radical (unpaired) electrons. The largest absolute Gasteiger partial charge is 0.417 e. The number of aryl methyl sites for hydroxylation is 1. The van der Waals surface area contributed by atoms with Crippen LogP contribution >= 0.6 is 0 Å². The number of carbonyl (C=O) groups is 1. The molecule has 0 bridgehead atoms. The van der Waals surface area contributed by atoms with Gasteiger partial charge in [-0.2, -0.15) is 18.4 Å². The molecule has 1 aliphatic heterocycles. The fourth-order valence-electron chi connectivity index (χ4n) is 3.55. The molecule has 3 rings (SSSR count). The van der Waals surface area contributed by atoms with Gasteiger partial charge in [0.2, 0.25) is 5.91 Å². The van der Waals surface area contributed by atoms with Gasteiger partial charge in [-0.1, -0.05) is 30.3 Å². The van der Waals surface area contributed by atoms with Crippen LogP contribution in [0.1, 0.15) is 36.0 Å². The minimum Gasteiger partial charge on any atom is -0.371 e. The summed E-state index contributed by atoms with van der Waals surface area (Å²) in [4.78, 5) is 14.0. The quantitative estimate of drug-likeness (QED) is 0.813. The third kappa shape index (κ3) is 5.50. The predicted octanol–water partition coefficient (Wildman–Crippen LogP) is 4.29. The topological polar surface area (TPSA) is 56.1 Å². The van der Waals surface area contributed by atoms with Gasteiger partial charge in [0.25, 0.3) is 0 Å². The number of halogens is 3. The molecule has 2 aromatic rings. The molecule has 1 heterocycles. The zero-order valence-electron chi connectivity index (χ0n) is 15.9. The molecular formula is C22H22F3N3O. The minimum atomic E-state index is -4.56. The molecule has 0 aromatic heterocycles. The van der Waals surface area contributed by atoms with Crippen LogP contribution in [0.3, 0.4) is 0 Å². The van der Waals surface area contributed by atoms with Gasteiger partial charge in [0.15, 0.2) is 0 Å². The van der Waals surface area contributed by atoms with E-state index in [1.807, 2.05) is 35.2 Å². The molecule has 1 N–H and O–H groups in total. The minimum absolute atomic E-state index is 0.00923. The number of rotatable bonds is 5. The molecule has 29 heavy (non-hydrogen) atoms. The highest BCUT2D eigenvalue weighted by Crippen LogP contribution is 2.35. The molecule has 7 heteroatoms. The first-order chi connectivity index (χ1) is 13.9. The number of piperidine rings is 1. The van der Waals surface area contributed by atoms with Gasteiger partial charge in [-0.25, -0.2) is 0 Å². The van der Waals surface area contributed by atoms with Crippen LogP contribution < -0.4 is 10.2 Å². The van der Waals surface area contributed by atoms with E-state index in [4.69, 9.17) is 5.26 Å². The van der Waals surface area contributed by atoms with E-state index in [-0.39, 0.29) is 17.5 Å². The van der Waals surface area contributed by atoms with Gasteiger partial charge in [-0.15, -0.1) is 0 Å². The van der Waals surface area contributed by atoms with Crippen LogP contribution in [0.15, 0.2) is 48.5 Å². The van der Waals surface area contributed by atoms with Crippen molar-refractivity contribution in [1.82, 2.24) is 5.32 Å². The maximum atomic E-state index is 13.2. The Morgan fingerprint density at radius 2 is 1.83 bits per heavy atom. The van der Waals surface area contributed by atoms with E-state index in [0.717, 1.165) is 11.6 Å². The first-order valence-corrected chi connectivity index (χ1v) is 9.56. The summed E-state index contributed by atoms with van der Waals surface area (Å²) in [5, 5.41) is 11.9. The second-order valence-electron chi connectivity index (χ2n) is 7.15. The maximum absolute atomic E-state index is 13.2. The van der Waals surface area contributed by atoms with E-state index in [1.54, 1.807) is 12.1 Å². The van der Waals surface area contributed by atoms with Crippen LogP contribution in [-0.2, 0) is 17.4 Å². The summed E-state index contributed by atoms with van der Waals surface area (Å²) in [5.74, 6) is -0.00923. The Labute approximate surface area is 167 Å². The van der Waals surface area contributed by atoms with Gasteiger partial charge in [0, 0.05) is 31.2 Å². The fourth-order valence-corrected chi connectivity index (χ4v) is 3.55. The summed E-state index contributed by atoms with van der Waals surface area (Å²) in [6.45, 7) is 1.10. The molecule has 1 saturated heterocycles. The molecule has 0 unspecified atom stereocenters. The molecule has 152 valence electrons. The van der Waals surface area contributed by atoms with Gasteiger partial charge in [-0.3, -0.25) is 4.79 Å². The first-order valence-electron chi connectivity index (χ1n) is 9.56. The van der Waals surface area contributed by atoms with Crippen molar-refractivity contribution >= 4 is 11.6 Å². The first kappa shape index (κ1) is 20.7. The van der Waals surface area contributed by atoms with Crippen LogP contribution in [0, 0.1) is 11.3 Å². The second-order valence-corrected chi connectivity index (χ2v) is 7.15. The van der Waals surface area contributed by atoms with Crippen molar-refractivity contribution in [2.24, 2.45) is 0 Å². The zero-order chi connectivity index (χ0) is 20.9. The molecule has 1 amide bonds. The summed E-state index contributed by atoms with van der Waals surface area (Å²) in [6, 6.07) is 15.2. The van der Waals surface area contributed by atoms with E-state index in [1.165, 1.54) is 6.07 Å². The van der Waals surface area contributed by atoms with E-state index >= 15 is 0 Å². The van der Waals surface area contributed by atoms with Crippen molar-refractivity contribution in [3.8, 4) is 6.07 Å². The molecule has 4 nitrogen and oxygen atoms in total. The van der Waals surface area contributed by atoms with Crippen molar-refractivity contribution in [3.05, 3.63) is 65.2 Å². The van der Waals surface area contributed by atoms with Gasteiger partial charge in [0.05, 0.1) is 17.2 Å². The molecule has 0 aliphatic carbocycles. The van der Waals surface area contributed by atoms with Gasteiger partial charge in [0.1, 0.15) is 0 Å². The average molecular weight is 401 g/mol. The van der Waals surface area contributed by atoms with E-state index < -0.39 is 11.7 Å². The monoisotopic (exact) mass is 401 g/mol. The Bertz CT molecular complexity index is 882. The number of amides is 1. The fraction of sp³-hybridized carbons (Fsp3) is 0.364. The lowest BCUT2D eigenvalue weighted by Crippen LogP contribution is -2.44.